The molecule has 0 saturated heterocycles. The summed E-state index contributed by atoms with van der Waals surface area (Å²) < 4.78 is 7.77. The van der Waals surface area contributed by atoms with Gasteiger partial charge in [0.25, 0.3) is 0 Å². The largest absolute Gasteiger partial charge is 0.492 e. The molecule has 1 aromatic rings. The zero-order valence-electron chi connectivity index (χ0n) is 11.0. The first-order valence-electron chi connectivity index (χ1n) is 6.38. The zero-order valence-corrected chi connectivity index (χ0v) is 14.2. The molecule has 0 aliphatic rings. The maximum Gasteiger partial charge on any atom is 0.133 e. The molecule has 0 spiro atoms. The summed E-state index contributed by atoms with van der Waals surface area (Å²) in [6, 6.07) is 5.97. The highest BCUT2D eigenvalue weighted by molar-refractivity contribution is 9.11. The molecule has 0 radical (unpaired) electrons. The number of halogens is 2. The molecule has 18 heavy (non-hydrogen) atoms. The monoisotopic (exact) mass is 377 g/mol. The Kier molecular flexibility index (Phi) is 7.95. The molecule has 1 N–H and O–H groups in total. The van der Waals surface area contributed by atoms with Gasteiger partial charge in [0.2, 0.25) is 0 Å². The summed E-state index contributed by atoms with van der Waals surface area (Å²) in [6.07, 6.45) is 2.23. The maximum absolute atomic E-state index is 5.72. The van der Waals surface area contributed by atoms with E-state index < -0.39 is 0 Å². The van der Waals surface area contributed by atoms with Crippen LogP contribution in [0.4, 0.5) is 0 Å². The Labute approximate surface area is 127 Å². The van der Waals surface area contributed by atoms with Crippen LogP contribution in [-0.2, 0) is 0 Å². The molecule has 0 amide bonds. The molecule has 102 valence electrons. The van der Waals surface area contributed by atoms with Crippen LogP contribution in [0.3, 0.4) is 0 Å². The fourth-order valence-corrected chi connectivity index (χ4v) is 2.68. The number of benzene rings is 1. The van der Waals surface area contributed by atoms with Crippen molar-refractivity contribution in [3.63, 3.8) is 0 Å². The molecular weight excluding hydrogens is 358 g/mol. The van der Waals surface area contributed by atoms with Crippen LogP contribution in [0.2, 0.25) is 0 Å². The third kappa shape index (κ3) is 6.76. The fraction of sp³-hybridized carbons (Fsp3) is 0.571. The van der Waals surface area contributed by atoms with Gasteiger partial charge in [-0.1, -0.05) is 29.8 Å². The predicted molar refractivity (Wildman–Crippen MR) is 84.3 cm³/mol. The molecule has 1 aromatic carbocycles. The molecule has 0 saturated carbocycles. The summed E-state index contributed by atoms with van der Waals surface area (Å²) in [5, 5.41) is 3.43. The van der Waals surface area contributed by atoms with Crippen LogP contribution in [0.15, 0.2) is 27.1 Å². The van der Waals surface area contributed by atoms with Gasteiger partial charge in [0.1, 0.15) is 5.75 Å². The lowest BCUT2D eigenvalue weighted by atomic mass is 10.2. The van der Waals surface area contributed by atoms with E-state index in [2.05, 4.69) is 51.0 Å². The first kappa shape index (κ1) is 16.0. The molecule has 0 bridgehead atoms. The second kappa shape index (κ2) is 8.94. The Balaban J connectivity index is 2.11. The number of nitrogens with one attached hydrogen (secondary N) is 1. The molecule has 1 rings (SSSR count). The van der Waals surface area contributed by atoms with Crippen LogP contribution in [0, 0.1) is 5.92 Å². The predicted octanol–water partition coefficient (Wildman–Crippen LogP) is 4.62. The highest BCUT2D eigenvalue weighted by Crippen LogP contribution is 2.28. The first-order valence-corrected chi connectivity index (χ1v) is 7.96. The van der Waals surface area contributed by atoms with Crippen LogP contribution >= 0.6 is 31.9 Å². The minimum atomic E-state index is 0.722. The standard InChI is InChI=1S/C14H21Br2NO/c1-11(2)10-17-7-3-4-8-18-14-6-5-12(15)9-13(14)16/h5-6,9,11,17H,3-4,7-8,10H2,1-2H3. The van der Waals surface area contributed by atoms with Crippen molar-refractivity contribution in [1.82, 2.24) is 5.32 Å². The highest BCUT2D eigenvalue weighted by Gasteiger charge is 2.01. The Hall–Kier alpha value is -0.0600. The summed E-state index contributed by atoms with van der Waals surface area (Å²) >= 11 is 6.91. The molecule has 2 nitrogen and oxygen atoms in total. The van der Waals surface area contributed by atoms with E-state index in [0.29, 0.717) is 0 Å². The second-order valence-electron chi connectivity index (χ2n) is 4.73. The van der Waals surface area contributed by atoms with Crippen molar-refractivity contribution in [3.8, 4) is 5.75 Å². The van der Waals surface area contributed by atoms with Gasteiger partial charge < -0.3 is 10.1 Å². The number of hydrogen-bond donors (Lipinski definition) is 1. The molecule has 0 aliphatic heterocycles. The van der Waals surface area contributed by atoms with E-state index in [1.165, 1.54) is 0 Å². The summed E-state index contributed by atoms with van der Waals surface area (Å²) in [7, 11) is 0. The van der Waals surface area contributed by atoms with E-state index in [1.54, 1.807) is 0 Å². The number of hydrogen-bond acceptors (Lipinski definition) is 2. The lowest BCUT2D eigenvalue weighted by Crippen LogP contribution is -2.21. The normalized spacial score (nSPS) is 10.9. The Morgan fingerprint density at radius 2 is 2.00 bits per heavy atom. The fourth-order valence-electron chi connectivity index (χ4n) is 1.52. The van der Waals surface area contributed by atoms with Crippen molar-refractivity contribution in [2.24, 2.45) is 5.92 Å². The zero-order chi connectivity index (χ0) is 13.4. The van der Waals surface area contributed by atoms with Crippen LogP contribution in [0.5, 0.6) is 5.75 Å². The molecule has 0 unspecified atom stereocenters. The van der Waals surface area contributed by atoms with Crippen molar-refractivity contribution in [2.45, 2.75) is 26.7 Å². The summed E-state index contributed by atoms with van der Waals surface area (Å²) in [5.41, 5.74) is 0. The maximum atomic E-state index is 5.72. The van der Waals surface area contributed by atoms with E-state index in [-0.39, 0.29) is 0 Å². The van der Waals surface area contributed by atoms with Crippen molar-refractivity contribution in [1.29, 1.82) is 0 Å². The Bertz CT molecular complexity index is 356. The van der Waals surface area contributed by atoms with E-state index in [4.69, 9.17) is 4.74 Å². The van der Waals surface area contributed by atoms with E-state index in [0.717, 1.165) is 53.2 Å². The quantitative estimate of drug-likeness (QED) is 0.666. The Morgan fingerprint density at radius 3 is 2.67 bits per heavy atom. The van der Waals surface area contributed by atoms with E-state index in [1.807, 2.05) is 18.2 Å². The van der Waals surface area contributed by atoms with E-state index >= 15 is 0 Å². The van der Waals surface area contributed by atoms with Gasteiger partial charge in [0.15, 0.2) is 0 Å². The summed E-state index contributed by atoms with van der Waals surface area (Å²) in [6.45, 7) is 7.38. The topological polar surface area (TPSA) is 21.3 Å². The third-order valence-corrected chi connectivity index (χ3v) is 3.56. The molecule has 4 heteroatoms. The molecule has 0 fully saturated rings. The van der Waals surface area contributed by atoms with Gasteiger partial charge in [0.05, 0.1) is 11.1 Å². The molecule has 0 aromatic heterocycles. The van der Waals surface area contributed by atoms with Crippen molar-refractivity contribution in [2.75, 3.05) is 19.7 Å². The van der Waals surface area contributed by atoms with Gasteiger partial charge in [0, 0.05) is 4.47 Å². The van der Waals surface area contributed by atoms with Crippen LogP contribution in [-0.4, -0.2) is 19.7 Å². The molecule has 0 aliphatic carbocycles. The average molecular weight is 379 g/mol. The minimum absolute atomic E-state index is 0.722. The smallest absolute Gasteiger partial charge is 0.133 e. The molecule has 0 atom stereocenters. The molecular formula is C14H21Br2NO. The van der Waals surface area contributed by atoms with Gasteiger partial charge >= 0.3 is 0 Å². The second-order valence-corrected chi connectivity index (χ2v) is 6.50. The van der Waals surface area contributed by atoms with Crippen molar-refractivity contribution < 1.29 is 4.74 Å². The van der Waals surface area contributed by atoms with Gasteiger partial charge in [-0.2, -0.15) is 0 Å². The van der Waals surface area contributed by atoms with Gasteiger partial charge in [-0.15, -0.1) is 0 Å². The van der Waals surface area contributed by atoms with Gasteiger partial charge in [-0.05, 0) is 66.0 Å². The molecule has 0 heterocycles. The highest BCUT2D eigenvalue weighted by atomic mass is 79.9. The van der Waals surface area contributed by atoms with Gasteiger partial charge in [-0.25, -0.2) is 0 Å². The van der Waals surface area contributed by atoms with Crippen LogP contribution < -0.4 is 10.1 Å². The third-order valence-electron chi connectivity index (χ3n) is 2.45. The SMILES string of the molecule is CC(C)CNCCCCOc1ccc(Br)cc1Br. The first-order chi connectivity index (χ1) is 8.59. The van der Waals surface area contributed by atoms with Crippen LogP contribution in [0.25, 0.3) is 0 Å². The van der Waals surface area contributed by atoms with Crippen LogP contribution in [0.1, 0.15) is 26.7 Å². The number of ether oxygens (including phenoxy) is 1. The lowest BCUT2D eigenvalue weighted by molar-refractivity contribution is 0.303. The van der Waals surface area contributed by atoms with E-state index in [9.17, 15) is 0 Å². The lowest BCUT2D eigenvalue weighted by Gasteiger charge is -2.09. The minimum Gasteiger partial charge on any atom is -0.492 e. The van der Waals surface area contributed by atoms with Gasteiger partial charge in [-0.3, -0.25) is 0 Å². The average Bonchev–Trinajstić information content (AvgIpc) is 2.30. The summed E-state index contributed by atoms with van der Waals surface area (Å²) in [5.74, 6) is 1.63. The van der Waals surface area contributed by atoms with Crippen molar-refractivity contribution >= 4 is 31.9 Å². The van der Waals surface area contributed by atoms with Crippen molar-refractivity contribution in [3.05, 3.63) is 27.1 Å². The number of rotatable bonds is 8. The number of unbranched alkanes of at least 4 members (excludes halogenated alkanes) is 1. The summed E-state index contributed by atoms with van der Waals surface area (Å²) in [4.78, 5) is 0. The Morgan fingerprint density at radius 1 is 1.22 bits per heavy atom.